The molecule has 6 heteroatoms. The number of ether oxygens (including phenoxy) is 1. The molecule has 0 aliphatic carbocycles. The molecular weight excluding hydrogens is 328 g/mol. The maximum absolute atomic E-state index is 12.4. The quantitative estimate of drug-likeness (QED) is 0.708. The van der Waals surface area contributed by atoms with Crippen LogP contribution in [-0.2, 0) is 6.42 Å². The summed E-state index contributed by atoms with van der Waals surface area (Å²) in [4.78, 5) is 23.0. The Morgan fingerprint density at radius 3 is 2.42 bits per heavy atom. The molecule has 1 N–H and O–H groups in total. The van der Waals surface area contributed by atoms with Crippen LogP contribution >= 0.6 is 0 Å². The third kappa shape index (κ3) is 5.72. The molecule has 2 aromatic rings. The van der Waals surface area contributed by atoms with Gasteiger partial charge in [0.15, 0.2) is 0 Å². The first-order valence-electron chi connectivity index (χ1n) is 9.16. The summed E-state index contributed by atoms with van der Waals surface area (Å²) in [6.45, 7) is 6.66. The molecule has 26 heavy (non-hydrogen) atoms. The number of aromatic nitrogens is 2. The number of hydrogen-bond donors (Lipinski definition) is 1. The average molecular weight is 356 g/mol. The highest BCUT2D eigenvalue weighted by Gasteiger charge is 2.12. The summed E-state index contributed by atoms with van der Waals surface area (Å²) in [5.74, 6) is 1.47. The lowest BCUT2D eigenvalue weighted by Gasteiger charge is -2.22. The minimum absolute atomic E-state index is 0.171. The summed E-state index contributed by atoms with van der Waals surface area (Å²) in [6.07, 6.45) is 4.29. The third-order valence-corrected chi connectivity index (χ3v) is 4.05. The summed E-state index contributed by atoms with van der Waals surface area (Å²) < 4.78 is 5.15. The van der Waals surface area contributed by atoms with Crippen LogP contribution in [0.2, 0.25) is 0 Å². The molecule has 0 aliphatic heterocycles. The Morgan fingerprint density at radius 1 is 1.12 bits per heavy atom. The van der Waals surface area contributed by atoms with Gasteiger partial charge in [0.25, 0.3) is 5.91 Å². The summed E-state index contributed by atoms with van der Waals surface area (Å²) in [5.41, 5.74) is 1.55. The fraction of sp³-hybridized carbons (Fsp3) is 0.450. The molecule has 6 nitrogen and oxygen atoms in total. The number of hydrogen-bond acceptors (Lipinski definition) is 5. The summed E-state index contributed by atoms with van der Waals surface area (Å²) in [6, 6.07) is 9.62. The van der Waals surface area contributed by atoms with Gasteiger partial charge in [-0.15, -0.1) is 0 Å². The fourth-order valence-electron chi connectivity index (χ4n) is 2.73. The summed E-state index contributed by atoms with van der Waals surface area (Å²) in [7, 11) is 1.65. The topological polar surface area (TPSA) is 67.4 Å². The van der Waals surface area contributed by atoms with E-state index in [1.807, 2.05) is 24.3 Å². The van der Waals surface area contributed by atoms with E-state index in [0.717, 1.165) is 49.5 Å². The highest BCUT2D eigenvalue weighted by atomic mass is 16.5. The van der Waals surface area contributed by atoms with Crippen molar-refractivity contribution in [3.05, 3.63) is 47.9 Å². The predicted octanol–water partition coefficient (Wildman–Crippen LogP) is 3.08. The number of nitrogens with zero attached hydrogens (tertiary/aromatic N) is 3. The highest BCUT2D eigenvalue weighted by molar-refractivity contribution is 5.92. The summed E-state index contributed by atoms with van der Waals surface area (Å²) >= 11 is 0. The summed E-state index contributed by atoms with van der Waals surface area (Å²) in [5, 5.41) is 2.93. The zero-order valence-electron chi connectivity index (χ0n) is 15.9. The van der Waals surface area contributed by atoms with Gasteiger partial charge in [-0.3, -0.25) is 4.79 Å². The lowest BCUT2D eigenvalue weighted by molar-refractivity contribution is 0.0949. The number of benzene rings is 1. The third-order valence-electron chi connectivity index (χ3n) is 4.05. The molecule has 1 aromatic heterocycles. The Balaban J connectivity index is 1.92. The molecule has 0 saturated carbocycles. The van der Waals surface area contributed by atoms with Crippen molar-refractivity contribution in [1.82, 2.24) is 15.3 Å². The number of rotatable bonds is 10. The number of nitrogens with one attached hydrogen (secondary N) is 1. The van der Waals surface area contributed by atoms with Gasteiger partial charge < -0.3 is 15.0 Å². The van der Waals surface area contributed by atoms with Crippen LogP contribution in [0.3, 0.4) is 0 Å². The number of methoxy groups -OCH3 is 1. The number of carbonyl (C=O) groups excluding carboxylic acids is 1. The van der Waals surface area contributed by atoms with E-state index in [-0.39, 0.29) is 5.91 Å². The first kappa shape index (κ1) is 19.7. The van der Waals surface area contributed by atoms with Crippen LogP contribution in [-0.4, -0.2) is 42.6 Å². The van der Waals surface area contributed by atoms with Gasteiger partial charge in [-0.25, -0.2) is 9.97 Å². The van der Waals surface area contributed by atoms with Gasteiger partial charge in [-0.1, -0.05) is 26.0 Å². The minimum atomic E-state index is -0.171. The van der Waals surface area contributed by atoms with Crippen molar-refractivity contribution in [1.29, 1.82) is 0 Å². The standard InChI is InChI=1S/C20H28N4O2/c1-4-12-24(13-5-2)19-14-18(22-15-23-19)20(25)21-11-10-16-6-8-17(26-3)9-7-16/h6-9,14-15H,4-5,10-13H2,1-3H3,(H,21,25). The number of anilines is 1. The number of carbonyl (C=O) groups is 1. The second kappa shape index (κ2) is 10.4. The number of amides is 1. The van der Waals surface area contributed by atoms with Crippen molar-refractivity contribution in [3.8, 4) is 5.75 Å². The zero-order chi connectivity index (χ0) is 18.8. The molecule has 1 amide bonds. The van der Waals surface area contributed by atoms with Gasteiger partial charge >= 0.3 is 0 Å². The Morgan fingerprint density at radius 2 is 1.81 bits per heavy atom. The SMILES string of the molecule is CCCN(CCC)c1cc(C(=O)NCCc2ccc(OC)cc2)ncn1. The molecular formula is C20H28N4O2. The highest BCUT2D eigenvalue weighted by Crippen LogP contribution is 2.13. The molecule has 0 spiro atoms. The second-order valence-corrected chi connectivity index (χ2v) is 6.10. The van der Waals surface area contributed by atoms with E-state index in [2.05, 4.69) is 34.0 Å². The first-order valence-corrected chi connectivity index (χ1v) is 9.16. The molecule has 140 valence electrons. The molecule has 0 radical (unpaired) electrons. The van der Waals surface area contributed by atoms with Gasteiger partial charge in [-0.05, 0) is 37.0 Å². The molecule has 0 unspecified atom stereocenters. The van der Waals surface area contributed by atoms with Gasteiger partial charge in [0.05, 0.1) is 7.11 Å². The zero-order valence-corrected chi connectivity index (χ0v) is 15.9. The Kier molecular flexibility index (Phi) is 7.86. The van der Waals surface area contributed by atoms with Crippen molar-refractivity contribution < 1.29 is 9.53 Å². The van der Waals surface area contributed by atoms with E-state index in [1.165, 1.54) is 6.33 Å². The van der Waals surface area contributed by atoms with Crippen LogP contribution in [0.1, 0.15) is 42.7 Å². The van der Waals surface area contributed by atoms with Gasteiger partial charge in [0, 0.05) is 25.7 Å². The van der Waals surface area contributed by atoms with Crippen molar-refractivity contribution in [2.24, 2.45) is 0 Å². The Hall–Kier alpha value is -2.63. The molecule has 1 aromatic carbocycles. The van der Waals surface area contributed by atoms with Crippen LogP contribution in [0.5, 0.6) is 5.75 Å². The lowest BCUT2D eigenvalue weighted by Crippen LogP contribution is -2.29. The van der Waals surface area contributed by atoms with Crippen LogP contribution in [0.15, 0.2) is 36.7 Å². The smallest absolute Gasteiger partial charge is 0.270 e. The van der Waals surface area contributed by atoms with Crippen molar-refractivity contribution in [3.63, 3.8) is 0 Å². The predicted molar refractivity (Wildman–Crippen MR) is 104 cm³/mol. The molecule has 0 fully saturated rings. The van der Waals surface area contributed by atoms with Crippen molar-refractivity contribution >= 4 is 11.7 Å². The van der Waals surface area contributed by atoms with E-state index in [4.69, 9.17) is 4.74 Å². The first-order chi connectivity index (χ1) is 12.7. The molecule has 1 heterocycles. The van der Waals surface area contributed by atoms with E-state index in [1.54, 1.807) is 13.2 Å². The van der Waals surface area contributed by atoms with Crippen LogP contribution in [0.4, 0.5) is 5.82 Å². The Bertz CT molecular complexity index is 682. The maximum Gasteiger partial charge on any atom is 0.270 e. The van der Waals surface area contributed by atoms with Gasteiger partial charge in [0.1, 0.15) is 23.6 Å². The second-order valence-electron chi connectivity index (χ2n) is 6.10. The lowest BCUT2D eigenvalue weighted by atomic mass is 10.1. The van der Waals surface area contributed by atoms with Gasteiger partial charge in [-0.2, -0.15) is 0 Å². The largest absolute Gasteiger partial charge is 0.497 e. The van der Waals surface area contributed by atoms with E-state index in [9.17, 15) is 4.79 Å². The van der Waals surface area contributed by atoms with E-state index in [0.29, 0.717) is 12.2 Å². The molecule has 0 aliphatic rings. The fourth-order valence-corrected chi connectivity index (χ4v) is 2.73. The van der Waals surface area contributed by atoms with Crippen molar-refractivity contribution in [2.75, 3.05) is 31.6 Å². The molecule has 2 rings (SSSR count). The van der Waals surface area contributed by atoms with Crippen LogP contribution in [0.25, 0.3) is 0 Å². The normalized spacial score (nSPS) is 10.4. The maximum atomic E-state index is 12.4. The monoisotopic (exact) mass is 356 g/mol. The Labute approximate surface area is 155 Å². The van der Waals surface area contributed by atoms with E-state index >= 15 is 0 Å². The van der Waals surface area contributed by atoms with Crippen LogP contribution < -0.4 is 15.0 Å². The minimum Gasteiger partial charge on any atom is -0.497 e. The van der Waals surface area contributed by atoms with Crippen LogP contribution in [0, 0.1) is 0 Å². The molecule has 0 atom stereocenters. The van der Waals surface area contributed by atoms with Crippen molar-refractivity contribution in [2.45, 2.75) is 33.1 Å². The van der Waals surface area contributed by atoms with Gasteiger partial charge in [0.2, 0.25) is 0 Å². The molecule has 0 bridgehead atoms. The van der Waals surface area contributed by atoms with E-state index < -0.39 is 0 Å². The molecule has 0 saturated heterocycles. The average Bonchev–Trinajstić information content (AvgIpc) is 2.68.